The van der Waals surface area contributed by atoms with Gasteiger partial charge in [-0.25, -0.2) is 0 Å². The first-order valence-corrected chi connectivity index (χ1v) is 7.45. The number of carboxylic acid groups (broad SMARTS) is 1. The lowest BCUT2D eigenvalue weighted by Crippen LogP contribution is -2.47. The van der Waals surface area contributed by atoms with Gasteiger partial charge in [-0.05, 0) is 44.4 Å². The fourth-order valence-corrected chi connectivity index (χ4v) is 3.12. The van der Waals surface area contributed by atoms with E-state index in [1.54, 1.807) is 11.1 Å². The third-order valence-electron chi connectivity index (χ3n) is 4.42. The number of carbonyl (C=O) groups excluding carboxylic acids is 1. The number of aryl methyl sites for hydroxylation is 1. The molecule has 0 spiro atoms. The smallest absolute Gasteiger partial charge is 0.308 e. The molecule has 1 amide bonds. The summed E-state index contributed by atoms with van der Waals surface area (Å²) in [5, 5.41) is 17.0. The highest BCUT2D eigenvalue weighted by atomic mass is 16.4. The Balaban J connectivity index is 1.97. The fourth-order valence-electron chi connectivity index (χ4n) is 3.12. The predicted molar refractivity (Wildman–Crippen MR) is 81.7 cm³/mol. The van der Waals surface area contributed by atoms with Crippen molar-refractivity contribution in [2.45, 2.75) is 32.7 Å². The summed E-state index contributed by atoms with van der Waals surface area (Å²) in [6.45, 7) is 4.16. The number of aromatic nitrogens is 2. The van der Waals surface area contributed by atoms with Gasteiger partial charge >= 0.3 is 5.97 Å². The molecule has 2 atom stereocenters. The zero-order valence-corrected chi connectivity index (χ0v) is 12.7. The minimum absolute atomic E-state index is 0.0431. The molecule has 2 aromatic rings. The SMILES string of the molecule is Cc1cc(C(=O)N2CC(C(=O)O)CCC2C)c2[nH]ncc2c1. The zero-order chi connectivity index (χ0) is 15.9. The van der Waals surface area contributed by atoms with Gasteiger partial charge in [0.25, 0.3) is 5.91 Å². The van der Waals surface area contributed by atoms with E-state index in [0.717, 1.165) is 10.9 Å². The summed E-state index contributed by atoms with van der Waals surface area (Å²) in [5.74, 6) is -1.45. The van der Waals surface area contributed by atoms with Gasteiger partial charge in [0.05, 0.1) is 23.2 Å². The molecule has 6 nitrogen and oxygen atoms in total. The maximum atomic E-state index is 12.9. The fraction of sp³-hybridized carbons (Fsp3) is 0.438. The molecular weight excluding hydrogens is 282 g/mol. The predicted octanol–water partition coefficient (Wildman–Crippen LogP) is 2.20. The first kappa shape index (κ1) is 14.6. The van der Waals surface area contributed by atoms with Gasteiger partial charge in [-0.15, -0.1) is 0 Å². The molecule has 1 saturated heterocycles. The van der Waals surface area contributed by atoms with E-state index < -0.39 is 11.9 Å². The lowest BCUT2D eigenvalue weighted by atomic mass is 9.92. The van der Waals surface area contributed by atoms with Gasteiger partial charge in [-0.2, -0.15) is 5.10 Å². The van der Waals surface area contributed by atoms with Crippen molar-refractivity contribution in [3.63, 3.8) is 0 Å². The van der Waals surface area contributed by atoms with Crippen molar-refractivity contribution >= 4 is 22.8 Å². The number of aliphatic carboxylic acids is 1. The molecule has 0 saturated carbocycles. The van der Waals surface area contributed by atoms with Crippen LogP contribution < -0.4 is 0 Å². The van der Waals surface area contributed by atoms with E-state index in [1.165, 1.54) is 0 Å². The van der Waals surface area contributed by atoms with Crippen LogP contribution in [0.5, 0.6) is 0 Å². The molecule has 0 radical (unpaired) electrons. The third kappa shape index (κ3) is 2.45. The molecule has 1 aliphatic heterocycles. The Kier molecular flexibility index (Phi) is 3.60. The molecule has 2 unspecified atom stereocenters. The first-order chi connectivity index (χ1) is 10.5. The summed E-state index contributed by atoms with van der Waals surface area (Å²) in [6, 6.07) is 3.84. The summed E-state index contributed by atoms with van der Waals surface area (Å²) in [5.41, 5.74) is 2.25. The van der Waals surface area contributed by atoms with Crippen LogP contribution in [0.1, 0.15) is 35.7 Å². The lowest BCUT2D eigenvalue weighted by molar-refractivity contribution is -0.143. The minimum atomic E-state index is -0.833. The molecule has 1 aliphatic rings. The van der Waals surface area contributed by atoms with Gasteiger partial charge in [0.2, 0.25) is 0 Å². The average Bonchev–Trinajstić information content (AvgIpc) is 2.94. The van der Waals surface area contributed by atoms with Crippen LogP contribution in [-0.4, -0.2) is 44.7 Å². The summed E-state index contributed by atoms with van der Waals surface area (Å²) in [4.78, 5) is 25.8. The normalized spacial score (nSPS) is 22.0. The maximum Gasteiger partial charge on any atom is 0.308 e. The van der Waals surface area contributed by atoms with E-state index in [0.29, 0.717) is 23.9 Å². The molecule has 2 heterocycles. The number of amides is 1. The summed E-state index contributed by atoms with van der Waals surface area (Å²) >= 11 is 0. The van der Waals surface area contributed by atoms with Crippen molar-refractivity contribution in [1.29, 1.82) is 0 Å². The van der Waals surface area contributed by atoms with Crippen LogP contribution in [0.3, 0.4) is 0 Å². The van der Waals surface area contributed by atoms with Crippen LogP contribution >= 0.6 is 0 Å². The monoisotopic (exact) mass is 301 g/mol. The standard InChI is InChI=1S/C16H19N3O3/c1-9-5-12-7-17-18-14(12)13(6-9)15(20)19-8-11(16(21)22)4-3-10(19)2/h5-7,10-11H,3-4,8H2,1-2H3,(H,17,18)(H,21,22). The Morgan fingerprint density at radius 2 is 2.14 bits per heavy atom. The maximum absolute atomic E-state index is 12.9. The number of carboxylic acids is 1. The lowest BCUT2D eigenvalue weighted by Gasteiger charge is -2.36. The van der Waals surface area contributed by atoms with Gasteiger partial charge in [0.1, 0.15) is 0 Å². The van der Waals surface area contributed by atoms with Gasteiger partial charge in [-0.1, -0.05) is 0 Å². The molecule has 1 aromatic carbocycles. The molecule has 22 heavy (non-hydrogen) atoms. The number of aromatic amines is 1. The Bertz CT molecular complexity index is 737. The highest BCUT2D eigenvalue weighted by molar-refractivity contribution is 6.06. The number of piperidine rings is 1. The first-order valence-electron chi connectivity index (χ1n) is 7.45. The van der Waals surface area contributed by atoms with Gasteiger partial charge in [-0.3, -0.25) is 14.7 Å². The van der Waals surface area contributed by atoms with Gasteiger partial charge in [0, 0.05) is 18.0 Å². The van der Waals surface area contributed by atoms with Crippen LogP contribution in [-0.2, 0) is 4.79 Å². The number of fused-ring (bicyclic) bond motifs is 1. The van der Waals surface area contributed by atoms with E-state index in [1.807, 2.05) is 26.0 Å². The van der Waals surface area contributed by atoms with E-state index in [-0.39, 0.29) is 18.5 Å². The Labute approximate surface area is 128 Å². The number of benzene rings is 1. The molecule has 1 aromatic heterocycles. The molecule has 1 fully saturated rings. The number of hydrogen-bond acceptors (Lipinski definition) is 3. The third-order valence-corrected chi connectivity index (χ3v) is 4.42. The van der Waals surface area contributed by atoms with Crippen molar-refractivity contribution in [1.82, 2.24) is 15.1 Å². The molecule has 3 rings (SSSR count). The molecule has 2 N–H and O–H groups in total. The van der Waals surface area contributed by atoms with E-state index in [2.05, 4.69) is 10.2 Å². The average molecular weight is 301 g/mol. The van der Waals surface area contributed by atoms with E-state index in [9.17, 15) is 14.7 Å². The van der Waals surface area contributed by atoms with Crippen LogP contribution in [0.15, 0.2) is 18.3 Å². The zero-order valence-electron chi connectivity index (χ0n) is 12.7. The van der Waals surface area contributed by atoms with Gasteiger partial charge < -0.3 is 10.0 Å². The number of H-pyrrole nitrogens is 1. The second kappa shape index (κ2) is 5.44. The Hall–Kier alpha value is -2.37. The largest absolute Gasteiger partial charge is 0.481 e. The second-order valence-electron chi connectivity index (χ2n) is 6.07. The minimum Gasteiger partial charge on any atom is -0.481 e. The molecule has 0 aliphatic carbocycles. The Morgan fingerprint density at radius 3 is 2.86 bits per heavy atom. The number of nitrogens with zero attached hydrogens (tertiary/aromatic N) is 2. The Morgan fingerprint density at radius 1 is 1.36 bits per heavy atom. The number of nitrogens with one attached hydrogen (secondary N) is 1. The summed E-state index contributed by atoms with van der Waals surface area (Å²) in [7, 11) is 0. The molecular formula is C16H19N3O3. The second-order valence-corrected chi connectivity index (χ2v) is 6.07. The van der Waals surface area contributed by atoms with E-state index in [4.69, 9.17) is 0 Å². The van der Waals surface area contributed by atoms with Crippen LogP contribution in [0, 0.1) is 12.8 Å². The topological polar surface area (TPSA) is 86.3 Å². The molecule has 0 bridgehead atoms. The van der Waals surface area contributed by atoms with Crippen LogP contribution in [0.4, 0.5) is 0 Å². The number of carbonyl (C=O) groups is 2. The summed E-state index contributed by atoms with van der Waals surface area (Å²) < 4.78 is 0. The quantitative estimate of drug-likeness (QED) is 0.890. The van der Waals surface area contributed by atoms with E-state index >= 15 is 0 Å². The molecule has 116 valence electrons. The highest BCUT2D eigenvalue weighted by Crippen LogP contribution is 2.26. The molecule has 6 heteroatoms. The van der Waals surface area contributed by atoms with Crippen molar-refractivity contribution in [3.8, 4) is 0 Å². The number of likely N-dealkylation sites (tertiary alicyclic amines) is 1. The number of hydrogen-bond donors (Lipinski definition) is 2. The number of rotatable bonds is 2. The van der Waals surface area contributed by atoms with Crippen molar-refractivity contribution in [2.75, 3.05) is 6.54 Å². The van der Waals surface area contributed by atoms with Gasteiger partial charge in [0.15, 0.2) is 0 Å². The summed E-state index contributed by atoms with van der Waals surface area (Å²) in [6.07, 6.45) is 3.02. The van der Waals surface area contributed by atoms with Crippen LogP contribution in [0.25, 0.3) is 10.9 Å². The van der Waals surface area contributed by atoms with Crippen molar-refractivity contribution in [2.24, 2.45) is 5.92 Å². The highest BCUT2D eigenvalue weighted by Gasteiger charge is 2.33. The van der Waals surface area contributed by atoms with Crippen molar-refractivity contribution in [3.05, 3.63) is 29.5 Å². The van der Waals surface area contributed by atoms with Crippen LogP contribution in [0.2, 0.25) is 0 Å². The van der Waals surface area contributed by atoms with Crippen molar-refractivity contribution < 1.29 is 14.7 Å².